The molecule has 2 aliphatic rings. The first kappa shape index (κ1) is 21.5. The lowest BCUT2D eigenvalue weighted by Crippen LogP contribution is -2.30. The Morgan fingerprint density at radius 3 is 2.38 bits per heavy atom. The molecular formula is C24H26N4O4. The van der Waals surface area contributed by atoms with Crippen molar-refractivity contribution in [1.29, 1.82) is 0 Å². The first-order valence-corrected chi connectivity index (χ1v) is 10.9. The minimum absolute atomic E-state index is 0.00286. The number of rotatable bonds is 6. The fourth-order valence-corrected chi connectivity index (χ4v) is 4.10. The van der Waals surface area contributed by atoms with Gasteiger partial charge in [-0.05, 0) is 48.7 Å². The summed E-state index contributed by atoms with van der Waals surface area (Å²) in [4.78, 5) is 49.9. The van der Waals surface area contributed by atoms with Gasteiger partial charge in [0.1, 0.15) is 0 Å². The fraction of sp³-hybridized carbons (Fsp3) is 0.333. The third kappa shape index (κ3) is 5.14. The average molecular weight is 434 g/mol. The monoisotopic (exact) mass is 434 g/mol. The Hall–Kier alpha value is -3.68. The zero-order chi connectivity index (χ0) is 22.5. The van der Waals surface area contributed by atoms with E-state index in [9.17, 15) is 19.2 Å². The molecule has 8 heteroatoms. The topological polar surface area (TPSA) is 108 Å². The lowest BCUT2D eigenvalue weighted by Gasteiger charge is -2.20. The van der Waals surface area contributed by atoms with Gasteiger partial charge in [-0.1, -0.05) is 37.5 Å². The van der Waals surface area contributed by atoms with Gasteiger partial charge < -0.3 is 16.0 Å². The number of hydrogen-bond donors (Lipinski definition) is 3. The Kier molecular flexibility index (Phi) is 6.49. The van der Waals surface area contributed by atoms with E-state index in [-0.39, 0.29) is 36.7 Å². The predicted molar refractivity (Wildman–Crippen MR) is 120 cm³/mol. The highest BCUT2D eigenvalue weighted by atomic mass is 16.2. The van der Waals surface area contributed by atoms with Crippen molar-refractivity contribution in [2.45, 2.75) is 38.6 Å². The summed E-state index contributed by atoms with van der Waals surface area (Å²) in [7, 11) is 0. The molecule has 1 aliphatic heterocycles. The zero-order valence-electron chi connectivity index (χ0n) is 17.7. The van der Waals surface area contributed by atoms with Crippen molar-refractivity contribution in [2.24, 2.45) is 5.92 Å². The number of nitrogens with zero attached hydrogens (tertiary/aromatic N) is 1. The van der Waals surface area contributed by atoms with Gasteiger partial charge in [0.25, 0.3) is 5.91 Å². The van der Waals surface area contributed by atoms with Crippen LogP contribution in [0.4, 0.5) is 16.2 Å². The number of nitrogens with one attached hydrogen (secondary N) is 3. The number of anilines is 2. The van der Waals surface area contributed by atoms with Crippen LogP contribution < -0.4 is 16.0 Å². The summed E-state index contributed by atoms with van der Waals surface area (Å²) in [6.45, 7) is 0.139. The Balaban J connectivity index is 1.39. The van der Waals surface area contributed by atoms with Gasteiger partial charge in [0, 0.05) is 22.9 Å². The number of carbonyl (C=O) groups excluding carboxylic acids is 4. The number of benzene rings is 2. The molecule has 5 amide bonds. The van der Waals surface area contributed by atoms with E-state index in [2.05, 4.69) is 16.0 Å². The predicted octanol–water partition coefficient (Wildman–Crippen LogP) is 3.51. The van der Waals surface area contributed by atoms with E-state index in [1.165, 1.54) is 6.42 Å². The van der Waals surface area contributed by atoms with Crippen molar-refractivity contribution in [2.75, 3.05) is 17.2 Å². The van der Waals surface area contributed by atoms with Crippen molar-refractivity contribution < 1.29 is 19.2 Å². The van der Waals surface area contributed by atoms with Gasteiger partial charge in [0.2, 0.25) is 11.8 Å². The van der Waals surface area contributed by atoms with Crippen LogP contribution in [-0.2, 0) is 16.1 Å². The van der Waals surface area contributed by atoms with Crippen LogP contribution in [0.2, 0.25) is 0 Å². The number of carbonyl (C=O) groups is 4. The Morgan fingerprint density at radius 2 is 1.66 bits per heavy atom. The molecule has 0 spiro atoms. The molecule has 0 radical (unpaired) electrons. The van der Waals surface area contributed by atoms with Crippen molar-refractivity contribution >= 4 is 35.1 Å². The molecule has 0 atom stereocenters. The van der Waals surface area contributed by atoms with Crippen LogP contribution in [-0.4, -0.2) is 35.2 Å². The van der Waals surface area contributed by atoms with Gasteiger partial charge in [-0.15, -0.1) is 0 Å². The van der Waals surface area contributed by atoms with E-state index < -0.39 is 6.03 Å². The maximum atomic E-state index is 12.8. The minimum Gasteiger partial charge on any atom is -0.329 e. The highest BCUT2D eigenvalue weighted by molar-refractivity contribution is 6.05. The summed E-state index contributed by atoms with van der Waals surface area (Å²) >= 11 is 0. The number of amides is 5. The summed E-state index contributed by atoms with van der Waals surface area (Å²) in [5.41, 5.74) is 2.30. The van der Waals surface area contributed by atoms with E-state index in [0.717, 1.165) is 36.1 Å². The molecule has 166 valence electrons. The maximum Gasteiger partial charge on any atom is 0.324 e. The summed E-state index contributed by atoms with van der Waals surface area (Å²) in [6, 6.07) is 13.4. The molecule has 3 N–H and O–H groups in total. The van der Waals surface area contributed by atoms with E-state index in [1.807, 2.05) is 0 Å². The maximum absolute atomic E-state index is 12.8. The lowest BCUT2D eigenvalue weighted by molar-refractivity contribution is -0.125. The zero-order valence-corrected chi connectivity index (χ0v) is 17.7. The summed E-state index contributed by atoms with van der Waals surface area (Å²) in [6.07, 6.45) is 5.16. The van der Waals surface area contributed by atoms with Crippen LogP contribution in [0.25, 0.3) is 0 Å². The van der Waals surface area contributed by atoms with E-state index in [1.54, 1.807) is 48.5 Å². The highest BCUT2D eigenvalue weighted by Crippen LogP contribution is 2.25. The first-order chi connectivity index (χ1) is 15.5. The minimum atomic E-state index is -0.420. The standard InChI is InChI=1S/C24H26N4O4/c29-21-14-25-24(32)28(21)15-16-6-4-10-19(12-16)26-23(31)18-9-5-11-20(13-18)27-22(30)17-7-2-1-3-8-17/h4-6,9-13,17H,1-3,7-8,14-15H2,(H,25,32)(H,26,31)(H,27,30). The Bertz CT molecular complexity index is 1030. The third-order valence-electron chi connectivity index (χ3n) is 5.83. The number of urea groups is 1. The number of imide groups is 1. The van der Waals surface area contributed by atoms with Gasteiger partial charge in [0.05, 0.1) is 13.1 Å². The quantitative estimate of drug-likeness (QED) is 0.605. The second-order valence-corrected chi connectivity index (χ2v) is 8.20. The molecule has 2 aromatic rings. The van der Waals surface area contributed by atoms with Crippen LogP contribution in [0.3, 0.4) is 0 Å². The Morgan fingerprint density at radius 1 is 0.938 bits per heavy atom. The molecule has 4 rings (SSSR count). The van der Waals surface area contributed by atoms with Crippen LogP contribution in [0.5, 0.6) is 0 Å². The van der Waals surface area contributed by atoms with Crippen LogP contribution in [0.15, 0.2) is 48.5 Å². The van der Waals surface area contributed by atoms with Gasteiger partial charge >= 0.3 is 6.03 Å². The molecule has 1 aliphatic carbocycles. The SMILES string of the molecule is O=C(Nc1cccc(CN2C(=O)CNC2=O)c1)c1cccc(NC(=O)C2CCCCC2)c1. The molecule has 8 nitrogen and oxygen atoms in total. The largest absolute Gasteiger partial charge is 0.329 e. The molecular weight excluding hydrogens is 408 g/mol. The molecule has 0 bridgehead atoms. The van der Waals surface area contributed by atoms with E-state index in [4.69, 9.17) is 0 Å². The Labute approximate surface area is 186 Å². The highest BCUT2D eigenvalue weighted by Gasteiger charge is 2.28. The molecule has 1 saturated carbocycles. The molecule has 0 aromatic heterocycles. The van der Waals surface area contributed by atoms with Gasteiger partial charge in [-0.25, -0.2) is 4.79 Å². The van der Waals surface area contributed by atoms with E-state index >= 15 is 0 Å². The van der Waals surface area contributed by atoms with Crippen molar-refractivity contribution in [3.8, 4) is 0 Å². The van der Waals surface area contributed by atoms with Crippen molar-refractivity contribution in [3.63, 3.8) is 0 Å². The van der Waals surface area contributed by atoms with E-state index in [0.29, 0.717) is 16.9 Å². The second kappa shape index (κ2) is 9.64. The summed E-state index contributed by atoms with van der Waals surface area (Å²) < 4.78 is 0. The molecule has 0 unspecified atom stereocenters. The van der Waals surface area contributed by atoms with Crippen LogP contribution in [0.1, 0.15) is 48.0 Å². The third-order valence-corrected chi connectivity index (χ3v) is 5.83. The fourth-order valence-electron chi connectivity index (χ4n) is 4.10. The molecule has 1 saturated heterocycles. The molecule has 32 heavy (non-hydrogen) atoms. The second-order valence-electron chi connectivity index (χ2n) is 8.20. The summed E-state index contributed by atoms with van der Waals surface area (Å²) in [5.74, 6) is -0.550. The normalized spacial score (nSPS) is 16.6. The molecule has 1 heterocycles. The summed E-state index contributed by atoms with van der Waals surface area (Å²) in [5, 5.41) is 8.25. The van der Waals surface area contributed by atoms with Gasteiger partial charge in [-0.2, -0.15) is 0 Å². The lowest BCUT2D eigenvalue weighted by atomic mass is 9.88. The van der Waals surface area contributed by atoms with Crippen molar-refractivity contribution in [1.82, 2.24) is 10.2 Å². The number of hydrogen-bond acceptors (Lipinski definition) is 4. The smallest absolute Gasteiger partial charge is 0.324 e. The molecule has 2 fully saturated rings. The van der Waals surface area contributed by atoms with Gasteiger partial charge in [0.15, 0.2) is 0 Å². The van der Waals surface area contributed by atoms with Crippen LogP contribution in [0, 0.1) is 5.92 Å². The average Bonchev–Trinajstić information content (AvgIpc) is 3.12. The van der Waals surface area contributed by atoms with Crippen molar-refractivity contribution in [3.05, 3.63) is 59.7 Å². The first-order valence-electron chi connectivity index (χ1n) is 10.9. The van der Waals surface area contributed by atoms with Gasteiger partial charge in [-0.3, -0.25) is 19.3 Å². The molecule has 2 aromatic carbocycles. The van der Waals surface area contributed by atoms with Crippen LogP contribution >= 0.6 is 0 Å².